The highest BCUT2D eigenvalue weighted by molar-refractivity contribution is 6.14. The van der Waals surface area contributed by atoms with Crippen LogP contribution in [0, 0.1) is 0 Å². The van der Waals surface area contributed by atoms with E-state index in [1.807, 2.05) is 48.5 Å². The van der Waals surface area contributed by atoms with Gasteiger partial charge in [0.25, 0.3) is 0 Å². The van der Waals surface area contributed by atoms with Gasteiger partial charge >= 0.3 is 0 Å². The van der Waals surface area contributed by atoms with Gasteiger partial charge in [-0.25, -0.2) is 15.0 Å². The molecular formula is C45H30N4O. The summed E-state index contributed by atoms with van der Waals surface area (Å²) in [5.74, 6) is 1.85. The summed E-state index contributed by atoms with van der Waals surface area (Å²) in [4.78, 5) is 15.2. The highest BCUT2D eigenvalue weighted by atomic mass is 16.3. The minimum Gasteiger partial charge on any atom is -0.454 e. The lowest BCUT2D eigenvalue weighted by Crippen LogP contribution is -2.03. The van der Waals surface area contributed by atoms with Crippen molar-refractivity contribution in [3.8, 4) is 51.0 Å². The molecule has 1 aliphatic carbocycles. The molecule has 0 saturated heterocycles. The van der Waals surface area contributed by atoms with Gasteiger partial charge in [-0.15, -0.1) is 0 Å². The molecule has 0 fully saturated rings. The Hall–Kier alpha value is -6.59. The lowest BCUT2D eigenvalue weighted by molar-refractivity contribution is 0.665. The monoisotopic (exact) mass is 642 g/mol. The minimum atomic E-state index is 0.605. The zero-order chi connectivity index (χ0) is 33.0. The number of hydrogen-bond donors (Lipinski definition) is 0. The van der Waals surface area contributed by atoms with Crippen molar-refractivity contribution in [1.82, 2.24) is 19.5 Å². The first-order chi connectivity index (χ1) is 24.8. The van der Waals surface area contributed by atoms with E-state index in [0.717, 1.165) is 62.7 Å². The number of nitrogens with zero attached hydrogens (tertiary/aromatic N) is 4. The zero-order valence-electron chi connectivity index (χ0n) is 27.1. The molecule has 0 atom stereocenters. The number of fused-ring (bicyclic) bond motifs is 6. The van der Waals surface area contributed by atoms with Gasteiger partial charge in [-0.2, -0.15) is 0 Å². The Kier molecular flexibility index (Phi) is 6.56. The fraction of sp³-hybridized carbons (Fsp3) is 0.0444. The first-order valence-electron chi connectivity index (χ1n) is 17.0. The molecule has 9 aromatic rings. The molecule has 0 spiro atoms. The first-order valence-corrected chi connectivity index (χ1v) is 17.0. The third-order valence-corrected chi connectivity index (χ3v) is 9.75. The van der Waals surface area contributed by atoms with Crippen molar-refractivity contribution in [2.75, 3.05) is 0 Å². The number of para-hydroxylation sites is 2. The third-order valence-electron chi connectivity index (χ3n) is 9.75. The number of rotatable bonds is 5. The largest absolute Gasteiger partial charge is 0.454 e. The van der Waals surface area contributed by atoms with E-state index >= 15 is 0 Å². The van der Waals surface area contributed by atoms with Gasteiger partial charge in [0.1, 0.15) is 5.58 Å². The van der Waals surface area contributed by atoms with Crippen LogP contribution in [0.1, 0.15) is 17.7 Å². The van der Waals surface area contributed by atoms with Gasteiger partial charge in [0.15, 0.2) is 23.1 Å². The normalized spacial score (nSPS) is 12.6. The van der Waals surface area contributed by atoms with Crippen LogP contribution >= 0.6 is 0 Å². The third kappa shape index (κ3) is 4.59. The number of aromatic nitrogens is 4. The molecule has 0 amide bonds. The van der Waals surface area contributed by atoms with Crippen molar-refractivity contribution in [2.24, 2.45) is 0 Å². The second-order valence-electron chi connectivity index (χ2n) is 12.7. The Balaban J connectivity index is 1.18. The molecule has 3 heterocycles. The summed E-state index contributed by atoms with van der Waals surface area (Å²) in [6, 6.07) is 50.2. The van der Waals surface area contributed by atoms with Gasteiger partial charge in [0.05, 0.1) is 11.2 Å². The van der Waals surface area contributed by atoms with Crippen molar-refractivity contribution in [1.29, 1.82) is 0 Å². The Morgan fingerprint density at radius 3 is 1.94 bits per heavy atom. The van der Waals surface area contributed by atoms with Crippen LogP contribution in [0.2, 0.25) is 0 Å². The smallest absolute Gasteiger partial charge is 0.164 e. The number of furan rings is 1. The van der Waals surface area contributed by atoms with E-state index < -0.39 is 0 Å². The van der Waals surface area contributed by atoms with E-state index in [1.54, 1.807) is 0 Å². The van der Waals surface area contributed by atoms with Crippen molar-refractivity contribution in [3.63, 3.8) is 0 Å². The molecule has 10 rings (SSSR count). The molecule has 5 nitrogen and oxygen atoms in total. The van der Waals surface area contributed by atoms with Crippen LogP contribution in [-0.4, -0.2) is 19.5 Å². The maximum absolute atomic E-state index is 6.78. The zero-order valence-corrected chi connectivity index (χ0v) is 27.1. The van der Waals surface area contributed by atoms with E-state index in [9.17, 15) is 0 Å². The van der Waals surface area contributed by atoms with Gasteiger partial charge in [-0.05, 0) is 42.2 Å². The highest BCUT2D eigenvalue weighted by Crippen LogP contribution is 2.41. The number of hydrogen-bond acceptors (Lipinski definition) is 4. The van der Waals surface area contributed by atoms with Gasteiger partial charge in [-0.3, -0.25) is 0 Å². The molecule has 0 bridgehead atoms. The molecule has 236 valence electrons. The van der Waals surface area contributed by atoms with Crippen LogP contribution in [0.3, 0.4) is 0 Å². The summed E-state index contributed by atoms with van der Waals surface area (Å²) in [5, 5.41) is 3.28. The van der Waals surface area contributed by atoms with Gasteiger partial charge in [-0.1, -0.05) is 140 Å². The fourth-order valence-electron chi connectivity index (χ4n) is 7.43. The lowest BCUT2D eigenvalue weighted by atomic mass is 10.0. The summed E-state index contributed by atoms with van der Waals surface area (Å²) in [6.45, 7) is 0. The minimum absolute atomic E-state index is 0.605. The molecule has 0 radical (unpaired) electrons. The SMILES string of the molecule is C1=Cc2c(n(-c3cccc4c3oc3cccc(-c5nc(-c6ccccc6)nc(-c6ccc(-c7ccccc7)cc6)n5)c34)c3ccccc23)CC1. The molecule has 0 N–H and O–H groups in total. The number of benzene rings is 6. The summed E-state index contributed by atoms with van der Waals surface area (Å²) in [5.41, 5.74) is 11.6. The van der Waals surface area contributed by atoms with Crippen LogP contribution in [0.5, 0.6) is 0 Å². The molecule has 6 aromatic carbocycles. The Morgan fingerprint density at radius 1 is 0.520 bits per heavy atom. The summed E-state index contributed by atoms with van der Waals surface area (Å²) in [7, 11) is 0. The predicted octanol–water partition coefficient (Wildman–Crippen LogP) is 11.3. The van der Waals surface area contributed by atoms with Gasteiger partial charge in [0.2, 0.25) is 0 Å². The second-order valence-corrected chi connectivity index (χ2v) is 12.7. The van der Waals surface area contributed by atoms with Crippen molar-refractivity contribution >= 4 is 38.9 Å². The van der Waals surface area contributed by atoms with Crippen LogP contribution in [-0.2, 0) is 6.42 Å². The van der Waals surface area contributed by atoms with E-state index in [0.29, 0.717) is 17.5 Å². The molecule has 50 heavy (non-hydrogen) atoms. The summed E-state index contributed by atoms with van der Waals surface area (Å²) < 4.78 is 9.18. The number of allylic oxidation sites excluding steroid dienone is 1. The van der Waals surface area contributed by atoms with Gasteiger partial charge in [0, 0.05) is 44.1 Å². The molecular weight excluding hydrogens is 613 g/mol. The fourth-order valence-corrected chi connectivity index (χ4v) is 7.43. The Labute approximate surface area is 288 Å². The maximum atomic E-state index is 6.78. The van der Waals surface area contributed by atoms with E-state index in [-0.39, 0.29) is 0 Å². The van der Waals surface area contributed by atoms with E-state index in [1.165, 1.54) is 27.7 Å². The second kappa shape index (κ2) is 11.5. The van der Waals surface area contributed by atoms with Gasteiger partial charge < -0.3 is 8.98 Å². The molecule has 0 saturated carbocycles. The van der Waals surface area contributed by atoms with E-state index in [4.69, 9.17) is 19.4 Å². The van der Waals surface area contributed by atoms with Crippen molar-refractivity contribution in [2.45, 2.75) is 12.8 Å². The lowest BCUT2D eigenvalue weighted by Gasteiger charge is -2.13. The van der Waals surface area contributed by atoms with Crippen LogP contribution in [0.15, 0.2) is 156 Å². The quantitative estimate of drug-likeness (QED) is 0.187. The van der Waals surface area contributed by atoms with Crippen molar-refractivity contribution < 1.29 is 4.42 Å². The molecule has 3 aromatic heterocycles. The average molecular weight is 643 g/mol. The first kappa shape index (κ1) is 28.4. The maximum Gasteiger partial charge on any atom is 0.164 e. The molecule has 1 aliphatic rings. The topological polar surface area (TPSA) is 56.7 Å². The average Bonchev–Trinajstić information content (AvgIpc) is 3.75. The summed E-state index contributed by atoms with van der Waals surface area (Å²) >= 11 is 0. The predicted molar refractivity (Wildman–Crippen MR) is 203 cm³/mol. The molecule has 0 aliphatic heterocycles. The molecule has 5 heteroatoms. The Morgan fingerprint density at radius 2 is 1.14 bits per heavy atom. The standard InChI is InChI=1S/C45H30N4O/c1-3-13-29(14-4-1)30-25-27-32(28-26-30)44-46-43(31-15-5-2-6-16-31)47-45(48-44)36-20-12-24-40-41(36)35-19-11-23-39(42(35)50-40)49-37-21-9-7-17-33(37)34-18-8-10-22-38(34)49/h1-9,11-21,23-28H,10,22H2. The van der Waals surface area contributed by atoms with Crippen LogP contribution in [0.25, 0.3) is 89.9 Å². The summed E-state index contributed by atoms with van der Waals surface area (Å²) in [6.07, 6.45) is 6.54. The van der Waals surface area contributed by atoms with Crippen LogP contribution in [0.4, 0.5) is 0 Å². The van der Waals surface area contributed by atoms with Crippen LogP contribution < -0.4 is 0 Å². The highest BCUT2D eigenvalue weighted by Gasteiger charge is 2.23. The molecule has 0 unspecified atom stereocenters. The van der Waals surface area contributed by atoms with E-state index in [2.05, 4.69) is 114 Å². The Bertz CT molecular complexity index is 2740. The van der Waals surface area contributed by atoms with Crippen molar-refractivity contribution in [3.05, 3.63) is 163 Å².